The van der Waals surface area contributed by atoms with Crippen LogP contribution in [0.2, 0.25) is 0 Å². The molecule has 0 saturated heterocycles. The number of carbonyl (C=O) groups is 2. The number of aryl methyl sites for hydroxylation is 1. The van der Waals surface area contributed by atoms with Gasteiger partial charge in [0.2, 0.25) is 5.78 Å². The Balaban J connectivity index is 1.63. The van der Waals surface area contributed by atoms with E-state index in [9.17, 15) is 19.7 Å². The second-order valence-electron chi connectivity index (χ2n) is 5.77. The van der Waals surface area contributed by atoms with Crippen molar-refractivity contribution in [2.24, 2.45) is 0 Å². The summed E-state index contributed by atoms with van der Waals surface area (Å²) in [5, 5.41) is 11.8. The molecule has 0 atom stereocenters. The molecular weight excluding hydrogens is 366 g/mol. The maximum atomic E-state index is 12.4. The highest BCUT2D eigenvalue weighted by atomic mass is 32.1. The highest BCUT2D eigenvalue weighted by molar-refractivity contribution is 7.21. The molecule has 0 saturated carbocycles. The zero-order valence-corrected chi connectivity index (χ0v) is 15.2. The fourth-order valence-corrected chi connectivity index (χ4v) is 3.73. The molecule has 7 heteroatoms. The van der Waals surface area contributed by atoms with Crippen molar-refractivity contribution in [3.8, 4) is 0 Å². The van der Waals surface area contributed by atoms with Crippen molar-refractivity contribution in [1.82, 2.24) is 0 Å². The minimum absolute atomic E-state index is 0.0686. The molecule has 0 bridgehead atoms. The molecule has 3 aromatic rings. The van der Waals surface area contributed by atoms with E-state index in [1.807, 2.05) is 31.2 Å². The molecule has 0 N–H and O–H groups in total. The molecule has 0 aliphatic rings. The van der Waals surface area contributed by atoms with Gasteiger partial charge in [0.05, 0.1) is 9.80 Å². The van der Waals surface area contributed by atoms with Gasteiger partial charge in [-0.25, -0.2) is 4.79 Å². The summed E-state index contributed by atoms with van der Waals surface area (Å²) < 4.78 is 6.02. The first-order valence-electron chi connectivity index (χ1n) is 8.06. The number of thiophene rings is 1. The van der Waals surface area contributed by atoms with Crippen LogP contribution in [0, 0.1) is 17.0 Å². The lowest BCUT2D eigenvalue weighted by molar-refractivity contribution is -0.384. The van der Waals surface area contributed by atoms with Gasteiger partial charge in [-0.1, -0.05) is 30.3 Å². The van der Waals surface area contributed by atoms with Crippen molar-refractivity contribution in [2.45, 2.75) is 6.92 Å². The van der Waals surface area contributed by atoms with E-state index in [0.717, 1.165) is 21.7 Å². The first-order valence-corrected chi connectivity index (χ1v) is 8.88. The molecule has 1 aromatic heterocycles. The van der Waals surface area contributed by atoms with Crippen molar-refractivity contribution in [3.05, 3.63) is 80.7 Å². The van der Waals surface area contributed by atoms with Crippen LogP contribution in [0.5, 0.6) is 0 Å². The van der Waals surface area contributed by atoms with Crippen LogP contribution in [0.25, 0.3) is 16.2 Å². The number of benzene rings is 2. The molecule has 2 aromatic carbocycles. The minimum Gasteiger partial charge on any atom is -0.454 e. The second kappa shape index (κ2) is 7.92. The number of fused-ring (bicyclic) bond motifs is 1. The Morgan fingerprint density at radius 1 is 1.19 bits per heavy atom. The number of nitro benzene ring substituents is 1. The van der Waals surface area contributed by atoms with Crippen molar-refractivity contribution in [3.63, 3.8) is 0 Å². The molecule has 3 rings (SSSR count). The van der Waals surface area contributed by atoms with Crippen LogP contribution in [0.15, 0.2) is 54.6 Å². The van der Waals surface area contributed by atoms with Gasteiger partial charge in [-0.05, 0) is 35.6 Å². The van der Waals surface area contributed by atoms with Crippen molar-refractivity contribution in [2.75, 3.05) is 6.61 Å². The average molecular weight is 381 g/mol. The largest absolute Gasteiger partial charge is 0.454 e. The number of non-ortho nitro benzene ring substituents is 1. The summed E-state index contributed by atoms with van der Waals surface area (Å²) >= 11 is 1.38. The number of esters is 1. The number of hydrogen-bond donors (Lipinski definition) is 0. The van der Waals surface area contributed by atoms with Gasteiger partial charge < -0.3 is 4.74 Å². The van der Waals surface area contributed by atoms with E-state index in [-0.39, 0.29) is 18.1 Å². The van der Waals surface area contributed by atoms with Crippen LogP contribution in [0.4, 0.5) is 5.69 Å². The van der Waals surface area contributed by atoms with E-state index >= 15 is 0 Å². The van der Waals surface area contributed by atoms with Gasteiger partial charge in [-0.15, -0.1) is 11.3 Å². The number of ketones is 1. The van der Waals surface area contributed by atoms with Crippen molar-refractivity contribution < 1.29 is 19.2 Å². The van der Waals surface area contributed by atoms with Gasteiger partial charge in [0.25, 0.3) is 5.69 Å². The third kappa shape index (κ3) is 4.27. The number of nitrogens with zero attached hydrogens (tertiary/aromatic N) is 1. The summed E-state index contributed by atoms with van der Waals surface area (Å²) in [6.45, 7) is 1.52. The highest BCUT2D eigenvalue weighted by Gasteiger charge is 2.16. The SMILES string of the molecule is Cc1c(C(=O)COC(=O)/C=C/c2cccc([N+](=O)[O-])c2)sc2ccccc12. The molecular formula is C20H15NO5S. The molecule has 0 radical (unpaired) electrons. The Bertz CT molecular complexity index is 1070. The zero-order chi connectivity index (χ0) is 19.4. The predicted octanol–water partition coefficient (Wildman–Crippen LogP) is 4.56. The van der Waals surface area contributed by atoms with E-state index in [2.05, 4.69) is 0 Å². The summed E-state index contributed by atoms with van der Waals surface area (Å²) in [7, 11) is 0. The second-order valence-corrected chi connectivity index (χ2v) is 6.82. The lowest BCUT2D eigenvalue weighted by atomic mass is 10.1. The van der Waals surface area contributed by atoms with Crippen LogP contribution in [0.1, 0.15) is 20.8 Å². The molecule has 0 fully saturated rings. The summed E-state index contributed by atoms with van der Waals surface area (Å²) in [6.07, 6.45) is 2.55. The number of Topliss-reactive ketones (excluding diaryl/α,β-unsaturated/α-hetero) is 1. The third-order valence-corrected chi connectivity index (χ3v) is 5.25. The number of hydrogen-bond acceptors (Lipinski definition) is 6. The van der Waals surface area contributed by atoms with Crippen LogP contribution >= 0.6 is 11.3 Å². The van der Waals surface area contributed by atoms with Crippen LogP contribution < -0.4 is 0 Å². The van der Waals surface area contributed by atoms with Gasteiger partial charge in [-0.3, -0.25) is 14.9 Å². The maximum absolute atomic E-state index is 12.4. The summed E-state index contributed by atoms with van der Waals surface area (Å²) in [5.74, 6) is -0.945. The van der Waals surface area contributed by atoms with Gasteiger partial charge in [0.1, 0.15) is 0 Å². The number of nitro groups is 1. The van der Waals surface area contributed by atoms with Gasteiger partial charge in [-0.2, -0.15) is 0 Å². The molecule has 0 amide bonds. The quantitative estimate of drug-likeness (QED) is 0.205. The van der Waals surface area contributed by atoms with E-state index in [0.29, 0.717) is 10.4 Å². The smallest absolute Gasteiger partial charge is 0.331 e. The molecule has 6 nitrogen and oxygen atoms in total. The normalized spacial score (nSPS) is 11.0. The summed E-state index contributed by atoms with van der Waals surface area (Å²) in [4.78, 5) is 35.0. The Hall–Kier alpha value is -3.32. The van der Waals surface area contributed by atoms with E-state index in [4.69, 9.17) is 4.74 Å². The molecule has 1 heterocycles. The van der Waals surface area contributed by atoms with E-state index in [1.165, 1.54) is 35.6 Å². The molecule has 0 unspecified atom stereocenters. The van der Waals surface area contributed by atoms with Crippen molar-refractivity contribution in [1.29, 1.82) is 0 Å². The predicted molar refractivity (Wildman–Crippen MR) is 104 cm³/mol. The fourth-order valence-electron chi connectivity index (χ4n) is 2.60. The molecule has 0 spiro atoms. The van der Waals surface area contributed by atoms with Crippen molar-refractivity contribution >= 4 is 44.9 Å². The maximum Gasteiger partial charge on any atom is 0.331 e. The summed E-state index contributed by atoms with van der Waals surface area (Å²) in [5.41, 5.74) is 1.30. The number of carbonyl (C=O) groups excluding carboxylic acids is 2. The Kier molecular flexibility index (Phi) is 5.42. The lowest BCUT2D eigenvalue weighted by Crippen LogP contribution is -2.12. The van der Waals surface area contributed by atoms with E-state index < -0.39 is 10.9 Å². The molecule has 0 aliphatic carbocycles. The summed E-state index contributed by atoms with van der Waals surface area (Å²) in [6, 6.07) is 13.6. The molecule has 136 valence electrons. The number of ether oxygens (including phenoxy) is 1. The highest BCUT2D eigenvalue weighted by Crippen LogP contribution is 2.30. The monoisotopic (exact) mass is 381 g/mol. The third-order valence-electron chi connectivity index (χ3n) is 3.94. The lowest BCUT2D eigenvalue weighted by Gasteiger charge is -2.01. The first-order chi connectivity index (χ1) is 13.0. The van der Waals surface area contributed by atoms with E-state index in [1.54, 1.807) is 6.07 Å². The Morgan fingerprint density at radius 3 is 2.70 bits per heavy atom. The van der Waals surface area contributed by atoms with Gasteiger partial charge in [0.15, 0.2) is 6.61 Å². The molecule has 0 aliphatic heterocycles. The van der Waals surface area contributed by atoms with Gasteiger partial charge in [0, 0.05) is 22.9 Å². The van der Waals surface area contributed by atoms with Crippen LogP contribution in [-0.2, 0) is 9.53 Å². The zero-order valence-electron chi connectivity index (χ0n) is 14.4. The number of rotatable bonds is 6. The van der Waals surface area contributed by atoms with Crippen LogP contribution in [0.3, 0.4) is 0 Å². The average Bonchev–Trinajstić information content (AvgIpc) is 3.01. The first kappa shape index (κ1) is 18.5. The minimum atomic E-state index is -0.686. The fraction of sp³-hybridized carbons (Fsp3) is 0.100. The standard InChI is InChI=1S/C20H15NO5S/c1-13-16-7-2-3-8-18(16)27-20(13)17(22)12-26-19(23)10-9-14-5-4-6-15(11-14)21(24)25/h2-11H,12H2,1H3/b10-9+. The Labute approximate surface area is 158 Å². The topological polar surface area (TPSA) is 86.5 Å². The van der Waals surface area contributed by atoms with Crippen LogP contribution in [-0.4, -0.2) is 23.3 Å². The van der Waals surface area contributed by atoms with Gasteiger partial charge >= 0.3 is 5.97 Å². The Morgan fingerprint density at radius 2 is 1.96 bits per heavy atom. The molecule has 27 heavy (non-hydrogen) atoms.